The van der Waals surface area contributed by atoms with Crippen LogP contribution in [0.15, 0.2) is 48.5 Å². The Morgan fingerprint density at radius 1 is 0.707 bits per heavy atom. The summed E-state index contributed by atoms with van der Waals surface area (Å²) in [5.74, 6) is -7.96. The second kappa shape index (κ2) is 11.5. The number of aliphatic hydroxyl groups is 2. The number of aliphatic hydroxyl groups excluding tert-OH is 2. The molecule has 1 aliphatic heterocycles. The van der Waals surface area contributed by atoms with Crippen LogP contribution < -0.4 is 4.74 Å². The van der Waals surface area contributed by atoms with E-state index in [2.05, 4.69) is 0 Å². The van der Waals surface area contributed by atoms with Crippen molar-refractivity contribution in [3.8, 4) is 46.0 Å². The molecule has 3 aromatic carbocycles. The Bertz CT molecular complexity index is 1390. The Morgan fingerprint density at radius 2 is 1.15 bits per heavy atom. The second-order valence-electron chi connectivity index (χ2n) is 8.79. The predicted molar refractivity (Wildman–Crippen MR) is 132 cm³/mol. The molecule has 9 N–H and O–H groups in total. The number of ether oxygens (including phenoxy) is 4. The number of hydrogen-bond acceptors (Lipinski definition) is 15. The fourth-order valence-electron chi connectivity index (χ4n) is 3.88. The summed E-state index contributed by atoms with van der Waals surface area (Å²) in [6.45, 7) is -0.828. The quantitative estimate of drug-likeness (QED) is 0.137. The van der Waals surface area contributed by atoms with Gasteiger partial charge in [0.15, 0.2) is 40.6 Å². The van der Waals surface area contributed by atoms with E-state index >= 15 is 0 Å². The van der Waals surface area contributed by atoms with Crippen LogP contribution in [-0.2, 0) is 14.2 Å². The maximum Gasteiger partial charge on any atom is 0.339 e. The molecule has 3 aromatic rings. The van der Waals surface area contributed by atoms with Gasteiger partial charge in [0.05, 0.1) is 17.7 Å². The van der Waals surface area contributed by atoms with Gasteiger partial charge in [0.25, 0.3) is 0 Å². The number of hydrogen-bond donors (Lipinski definition) is 9. The summed E-state index contributed by atoms with van der Waals surface area (Å²) in [4.78, 5) is 26.0. The molecule has 1 heterocycles. The molecule has 0 aromatic heterocycles. The predicted octanol–water partition coefficient (Wildman–Crippen LogP) is 0.534. The normalized spacial score (nSPS) is 22.0. The molecule has 1 aliphatic rings. The summed E-state index contributed by atoms with van der Waals surface area (Å²) < 4.78 is 22.0. The second-order valence-corrected chi connectivity index (χ2v) is 8.79. The molecule has 4 rings (SSSR count). The Hall–Kier alpha value is -5.12. The van der Waals surface area contributed by atoms with Crippen molar-refractivity contribution in [1.29, 1.82) is 0 Å². The largest absolute Gasteiger partial charge is 0.508 e. The fraction of sp³-hybridized carbons (Fsp3) is 0.231. The molecule has 0 spiro atoms. The van der Waals surface area contributed by atoms with E-state index in [1.807, 2.05) is 0 Å². The lowest BCUT2D eigenvalue weighted by Gasteiger charge is -2.42. The molecule has 0 radical (unpaired) electrons. The van der Waals surface area contributed by atoms with Gasteiger partial charge in [-0.15, -0.1) is 0 Å². The van der Waals surface area contributed by atoms with Crippen molar-refractivity contribution in [3.63, 3.8) is 0 Å². The van der Waals surface area contributed by atoms with Gasteiger partial charge in [-0.3, -0.25) is 0 Å². The minimum absolute atomic E-state index is 0.0420. The van der Waals surface area contributed by atoms with E-state index in [4.69, 9.17) is 18.9 Å². The van der Waals surface area contributed by atoms with Crippen LogP contribution in [0.25, 0.3) is 0 Å². The summed E-state index contributed by atoms with van der Waals surface area (Å²) in [7, 11) is 0. The van der Waals surface area contributed by atoms with Crippen LogP contribution in [-0.4, -0.2) is 95.2 Å². The molecule has 15 heteroatoms. The third kappa shape index (κ3) is 6.06. The van der Waals surface area contributed by atoms with Crippen molar-refractivity contribution in [2.45, 2.75) is 30.7 Å². The minimum atomic E-state index is -1.86. The van der Waals surface area contributed by atoms with Crippen LogP contribution >= 0.6 is 0 Å². The van der Waals surface area contributed by atoms with Crippen LogP contribution in [0, 0.1) is 0 Å². The maximum absolute atomic E-state index is 13.0. The van der Waals surface area contributed by atoms with E-state index in [1.54, 1.807) is 0 Å². The van der Waals surface area contributed by atoms with Gasteiger partial charge in [-0.05, 0) is 48.5 Å². The Labute approximate surface area is 229 Å². The number of benzene rings is 3. The molecule has 0 aliphatic carbocycles. The fourth-order valence-corrected chi connectivity index (χ4v) is 3.88. The summed E-state index contributed by atoms with van der Waals surface area (Å²) in [6.07, 6.45) is -8.69. The lowest BCUT2D eigenvalue weighted by Crippen LogP contribution is -2.62. The lowest BCUT2D eigenvalue weighted by molar-refractivity contribution is -0.276. The monoisotopic (exact) mass is 576 g/mol. The molecule has 0 bridgehead atoms. The summed E-state index contributed by atoms with van der Waals surface area (Å²) in [5, 5.41) is 88.5. The smallest absolute Gasteiger partial charge is 0.339 e. The number of carbonyl (C=O) groups excluding carboxylic acids is 2. The molecular weight excluding hydrogens is 552 g/mol. The van der Waals surface area contributed by atoms with Crippen molar-refractivity contribution in [2.75, 3.05) is 6.61 Å². The van der Waals surface area contributed by atoms with Gasteiger partial charge in [0, 0.05) is 0 Å². The molecule has 5 atom stereocenters. The van der Waals surface area contributed by atoms with Gasteiger partial charge in [0.2, 0.25) is 12.4 Å². The standard InChI is InChI=1S/C26H24O15/c27-9-18-21(35)22(40-24(36)10-5-14(29)19(33)15(30)6-10)23(26(39-18)38-13-3-1-12(28)2-4-13)41-25(37)11-7-16(31)20(34)17(32)8-11/h1-8,18,21-23,26-35H,9H2. The van der Waals surface area contributed by atoms with Gasteiger partial charge in [-0.25, -0.2) is 9.59 Å². The number of aromatic hydroxyl groups is 7. The van der Waals surface area contributed by atoms with Crippen LogP contribution in [0.3, 0.4) is 0 Å². The van der Waals surface area contributed by atoms with E-state index in [0.717, 1.165) is 24.3 Å². The average molecular weight is 576 g/mol. The molecule has 218 valence electrons. The van der Waals surface area contributed by atoms with Crippen LogP contribution in [0.2, 0.25) is 0 Å². The van der Waals surface area contributed by atoms with E-state index < -0.39 is 94.9 Å². The van der Waals surface area contributed by atoms with Crippen molar-refractivity contribution in [3.05, 3.63) is 59.7 Å². The Kier molecular flexibility index (Phi) is 8.13. The van der Waals surface area contributed by atoms with E-state index in [1.165, 1.54) is 24.3 Å². The van der Waals surface area contributed by atoms with E-state index in [0.29, 0.717) is 0 Å². The van der Waals surface area contributed by atoms with Gasteiger partial charge in [-0.1, -0.05) is 0 Å². The first-order chi connectivity index (χ1) is 19.4. The lowest BCUT2D eigenvalue weighted by atomic mass is 9.98. The average Bonchev–Trinajstić information content (AvgIpc) is 2.93. The topological polar surface area (TPSA) is 253 Å². The van der Waals surface area contributed by atoms with E-state index in [-0.39, 0.29) is 11.5 Å². The molecule has 15 nitrogen and oxygen atoms in total. The molecule has 1 saturated heterocycles. The SMILES string of the molecule is O=C(OC1C(Oc2ccc(O)cc2)OC(CO)C(O)C1OC(=O)c1cc(O)c(O)c(O)c1)c1cc(O)c(O)c(O)c1. The molecular formula is C26H24O15. The van der Waals surface area contributed by atoms with Crippen LogP contribution in [0.5, 0.6) is 46.0 Å². The number of phenols is 7. The zero-order valence-electron chi connectivity index (χ0n) is 20.7. The highest BCUT2D eigenvalue weighted by atomic mass is 16.7. The number of carbonyl (C=O) groups is 2. The molecule has 0 saturated carbocycles. The maximum atomic E-state index is 13.0. The van der Waals surface area contributed by atoms with Crippen molar-refractivity contribution < 1.29 is 74.5 Å². The van der Waals surface area contributed by atoms with Crippen molar-refractivity contribution >= 4 is 11.9 Å². The first kappa shape index (κ1) is 28.9. The Balaban J connectivity index is 1.71. The van der Waals surface area contributed by atoms with Crippen LogP contribution in [0.4, 0.5) is 0 Å². The minimum Gasteiger partial charge on any atom is -0.508 e. The number of esters is 2. The molecule has 0 amide bonds. The third-order valence-corrected chi connectivity index (χ3v) is 5.98. The van der Waals surface area contributed by atoms with Gasteiger partial charge in [-0.2, -0.15) is 0 Å². The zero-order chi connectivity index (χ0) is 30.0. The summed E-state index contributed by atoms with van der Waals surface area (Å²) >= 11 is 0. The summed E-state index contributed by atoms with van der Waals surface area (Å²) in [5.41, 5.74) is -0.982. The summed E-state index contributed by atoms with van der Waals surface area (Å²) in [6, 6.07) is 8.12. The van der Waals surface area contributed by atoms with Crippen LogP contribution in [0.1, 0.15) is 20.7 Å². The van der Waals surface area contributed by atoms with E-state index in [9.17, 15) is 55.5 Å². The Morgan fingerprint density at radius 3 is 1.59 bits per heavy atom. The van der Waals surface area contributed by atoms with Crippen molar-refractivity contribution in [2.24, 2.45) is 0 Å². The van der Waals surface area contributed by atoms with Gasteiger partial charge in [0.1, 0.15) is 23.7 Å². The first-order valence-electron chi connectivity index (χ1n) is 11.7. The third-order valence-electron chi connectivity index (χ3n) is 5.98. The number of rotatable bonds is 7. The highest BCUT2D eigenvalue weighted by molar-refractivity contribution is 5.92. The zero-order valence-corrected chi connectivity index (χ0v) is 20.7. The van der Waals surface area contributed by atoms with Gasteiger partial charge >= 0.3 is 11.9 Å². The molecule has 5 unspecified atom stereocenters. The van der Waals surface area contributed by atoms with Crippen molar-refractivity contribution in [1.82, 2.24) is 0 Å². The van der Waals surface area contributed by atoms with Gasteiger partial charge < -0.3 is 64.9 Å². The molecule has 41 heavy (non-hydrogen) atoms. The highest BCUT2D eigenvalue weighted by Gasteiger charge is 2.51. The highest BCUT2D eigenvalue weighted by Crippen LogP contribution is 2.38. The first-order valence-corrected chi connectivity index (χ1v) is 11.7. The molecule has 1 fully saturated rings. The number of phenolic OH excluding ortho intramolecular Hbond substituents is 7.